The number of ether oxygens (including phenoxy) is 1. The quantitative estimate of drug-likeness (QED) is 0.615. The summed E-state index contributed by atoms with van der Waals surface area (Å²) in [6.07, 6.45) is 1.43. The van der Waals surface area contributed by atoms with E-state index < -0.39 is 0 Å². The molecule has 16 heavy (non-hydrogen) atoms. The van der Waals surface area contributed by atoms with E-state index >= 15 is 0 Å². The second kappa shape index (κ2) is 6.65. The van der Waals surface area contributed by atoms with Gasteiger partial charge >= 0.3 is 0 Å². The summed E-state index contributed by atoms with van der Waals surface area (Å²) in [6.45, 7) is 2.97. The minimum absolute atomic E-state index is 0.529. The van der Waals surface area contributed by atoms with E-state index in [0.29, 0.717) is 30.9 Å². The SMILES string of the molecule is CCOc1ccc(C#CCCN)cc1C=O. The van der Waals surface area contributed by atoms with Crippen molar-refractivity contribution in [1.82, 2.24) is 0 Å². The van der Waals surface area contributed by atoms with Gasteiger partial charge in [-0.2, -0.15) is 0 Å². The van der Waals surface area contributed by atoms with E-state index in [0.717, 1.165) is 11.8 Å². The van der Waals surface area contributed by atoms with E-state index in [-0.39, 0.29) is 0 Å². The van der Waals surface area contributed by atoms with Gasteiger partial charge in [0.25, 0.3) is 0 Å². The second-order valence-corrected chi connectivity index (χ2v) is 3.14. The third kappa shape index (κ3) is 3.41. The van der Waals surface area contributed by atoms with Crippen LogP contribution < -0.4 is 10.5 Å². The molecule has 0 atom stereocenters. The highest BCUT2D eigenvalue weighted by molar-refractivity contribution is 5.80. The first-order valence-electron chi connectivity index (χ1n) is 5.22. The lowest BCUT2D eigenvalue weighted by molar-refractivity contribution is 0.112. The number of nitrogens with two attached hydrogens (primary N) is 1. The van der Waals surface area contributed by atoms with Crippen LogP contribution in [0.2, 0.25) is 0 Å². The van der Waals surface area contributed by atoms with Crippen LogP contribution in [0.4, 0.5) is 0 Å². The Morgan fingerprint density at radius 1 is 1.50 bits per heavy atom. The normalized spacial score (nSPS) is 9.12. The van der Waals surface area contributed by atoms with Crippen molar-refractivity contribution < 1.29 is 9.53 Å². The van der Waals surface area contributed by atoms with E-state index in [1.165, 1.54) is 0 Å². The molecule has 2 N–H and O–H groups in total. The van der Waals surface area contributed by atoms with Crippen molar-refractivity contribution >= 4 is 6.29 Å². The highest BCUT2D eigenvalue weighted by Crippen LogP contribution is 2.17. The molecule has 3 nitrogen and oxygen atoms in total. The Balaban J connectivity index is 2.91. The first-order chi connectivity index (χ1) is 7.81. The molecule has 0 bridgehead atoms. The number of hydrogen-bond acceptors (Lipinski definition) is 3. The van der Waals surface area contributed by atoms with E-state index in [1.807, 2.05) is 13.0 Å². The van der Waals surface area contributed by atoms with Gasteiger partial charge < -0.3 is 10.5 Å². The molecular weight excluding hydrogens is 202 g/mol. The number of benzene rings is 1. The molecule has 0 radical (unpaired) electrons. The lowest BCUT2D eigenvalue weighted by Crippen LogP contribution is -1.97. The van der Waals surface area contributed by atoms with E-state index in [4.69, 9.17) is 10.5 Å². The summed E-state index contributed by atoms with van der Waals surface area (Å²) < 4.78 is 5.31. The fourth-order valence-electron chi connectivity index (χ4n) is 1.24. The molecule has 3 heteroatoms. The van der Waals surface area contributed by atoms with Gasteiger partial charge in [0.1, 0.15) is 5.75 Å². The van der Waals surface area contributed by atoms with Gasteiger partial charge in [-0.1, -0.05) is 11.8 Å². The molecule has 1 aromatic carbocycles. The number of aldehydes is 1. The molecule has 0 saturated heterocycles. The molecule has 0 spiro atoms. The summed E-state index contributed by atoms with van der Waals surface area (Å²) >= 11 is 0. The predicted octanol–water partition coefficient (Wildman–Crippen LogP) is 1.60. The topological polar surface area (TPSA) is 52.3 Å². The van der Waals surface area contributed by atoms with Crippen molar-refractivity contribution in [2.24, 2.45) is 5.73 Å². The molecule has 0 heterocycles. The Labute approximate surface area is 95.6 Å². The van der Waals surface area contributed by atoms with Crippen LogP contribution in [0.15, 0.2) is 18.2 Å². The fourth-order valence-corrected chi connectivity index (χ4v) is 1.24. The molecule has 0 aliphatic heterocycles. The molecule has 0 aromatic heterocycles. The summed E-state index contributed by atoms with van der Waals surface area (Å²) in [5, 5.41) is 0. The largest absolute Gasteiger partial charge is 0.493 e. The van der Waals surface area contributed by atoms with Gasteiger partial charge in [0.15, 0.2) is 6.29 Å². The maximum absolute atomic E-state index is 10.8. The molecule has 84 valence electrons. The zero-order chi connectivity index (χ0) is 11.8. The Morgan fingerprint density at radius 2 is 2.31 bits per heavy atom. The third-order valence-electron chi connectivity index (χ3n) is 1.94. The maximum Gasteiger partial charge on any atom is 0.153 e. The number of carbonyl (C=O) groups is 1. The van der Waals surface area contributed by atoms with E-state index in [1.54, 1.807) is 12.1 Å². The van der Waals surface area contributed by atoms with Gasteiger partial charge in [0.2, 0.25) is 0 Å². The van der Waals surface area contributed by atoms with Crippen LogP contribution in [0, 0.1) is 11.8 Å². The molecule has 0 aliphatic rings. The highest BCUT2D eigenvalue weighted by Gasteiger charge is 2.02. The summed E-state index contributed by atoms with van der Waals surface area (Å²) in [5.41, 5.74) is 6.67. The average Bonchev–Trinajstić information content (AvgIpc) is 2.31. The maximum atomic E-state index is 10.8. The van der Waals surface area contributed by atoms with Crippen molar-refractivity contribution in [3.8, 4) is 17.6 Å². The molecule has 0 fully saturated rings. The molecule has 0 aliphatic carbocycles. The van der Waals surface area contributed by atoms with Gasteiger partial charge in [-0.3, -0.25) is 4.79 Å². The Hall–Kier alpha value is -1.79. The Bertz CT molecular complexity index is 416. The number of rotatable bonds is 4. The monoisotopic (exact) mass is 217 g/mol. The summed E-state index contributed by atoms with van der Waals surface area (Å²) in [6, 6.07) is 5.32. The summed E-state index contributed by atoms with van der Waals surface area (Å²) in [4.78, 5) is 10.8. The van der Waals surface area contributed by atoms with Crippen molar-refractivity contribution in [3.05, 3.63) is 29.3 Å². The van der Waals surface area contributed by atoms with Gasteiger partial charge in [-0.25, -0.2) is 0 Å². The fraction of sp³-hybridized carbons (Fsp3) is 0.308. The molecule has 0 unspecified atom stereocenters. The smallest absolute Gasteiger partial charge is 0.153 e. The van der Waals surface area contributed by atoms with Crippen LogP contribution in [0.1, 0.15) is 29.3 Å². The molecule has 1 rings (SSSR count). The molecule has 1 aromatic rings. The Morgan fingerprint density at radius 3 is 2.94 bits per heavy atom. The van der Waals surface area contributed by atoms with Crippen LogP contribution in [-0.2, 0) is 0 Å². The third-order valence-corrected chi connectivity index (χ3v) is 1.94. The standard InChI is InChI=1S/C13H15NO2/c1-2-16-13-7-6-11(5-3-4-8-14)9-12(13)10-15/h6-7,9-10H,2,4,8,14H2,1H3. The minimum atomic E-state index is 0.529. The van der Waals surface area contributed by atoms with Gasteiger partial charge in [-0.05, 0) is 25.1 Å². The van der Waals surface area contributed by atoms with Crippen LogP contribution in [-0.4, -0.2) is 19.4 Å². The van der Waals surface area contributed by atoms with Crippen LogP contribution in [0.3, 0.4) is 0 Å². The lowest BCUT2D eigenvalue weighted by atomic mass is 10.1. The van der Waals surface area contributed by atoms with Crippen LogP contribution in [0.25, 0.3) is 0 Å². The van der Waals surface area contributed by atoms with E-state index in [2.05, 4.69) is 11.8 Å². The van der Waals surface area contributed by atoms with Gasteiger partial charge in [0, 0.05) is 18.5 Å². The zero-order valence-corrected chi connectivity index (χ0v) is 9.32. The average molecular weight is 217 g/mol. The highest BCUT2D eigenvalue weighted by atomic mass is 16.5. The van der Waals surface area contributed by atoms with Crippen molar-refractivity contribution in [3.63, 3.8) is 0 Å². The first kappa shape index (κ1) is 12.3. The zero-order valence-electron chi connectivity index (χ0n) is 9.32. The minimum Gasteiger partial charge on any atom is -0.493 e. The Kier molecular flexibility index (Phi) is 5.10. The van der Waals surface area contributed by atoms with Crippen molar-refractivity contribution in [2.45, 2.75) is 13.3 Å². The van der Waals surface area contributed by atoms with Gasteiger partial charge in [0.05, 0.1) is 12.2 Å². The van der Waals surface area contributed by atoms with Crippen LogP contribution >= 0.6 is 0 Å². The summed E-state index contributed by atoms with van der Waals surface area (Å²) in [7, 11) is 0. The summed E-state index contributed by atoms with van der Waals surface area (Å²) in [5.74, 6) is 6.47. The predicted molar refractivity (Wildman–Crippen MR) is 63.5 cm³/mol. The first-order valence-corrected chi connectivity index (χ1v) is 5.22. The molecule has 0 saturated carbocycles. The lowest BCUT2D eigenvalue weighted by Gasteiger charge is -2.05. The van der Waals surface area contributed by atoms with Gasteiger partial charge in [-0.15, -0.1) is 0 Å². The second-order valence-electron chi connectivity index (χ2n) is 3.14. The molecule has 0 amide bonds. The number of hydrogen-bond donors (Lipinski definition) is 1. The molecular formula is C13H15NO2. The van der Waals surface area contributed by atoms with E-state index in [9.17, 15) is 4.79 Å². The van der Waals surface area contributed by atoms with Crippen molar-refractivity contribution in [2.75, 3.05) is 13.2 Å². The van der Waals surface area contributed by atoms with Crippen LogP contribution in [0.5, 0.6) is 5.75 Å². The number of carbonyl (C=O) groups excluding carboxylic acids is 1. The van der Waals surface area contributed by atoms with Crippen molar-refractivity contribution in [1.29, 1.82) is 0 Å².